The van der Waals surface area contributed by atoms with E-state index in [0.717, 1.165) is 18.4 Å². The Balaban J connectivity index is 2.21. The third-order valence-corrected chi connectivity index (χ3v) is 4.11. The molecule has 0 aliphatic heterocycles. The summed E-state index contributed by atoms with van der Waals surface area (Å²) in [6.07, 6.45) is 4.73. The van der Waals surface area contributed by atoms with Gasteiger partial charge in [0, 0.05) is 18.2 Å². The average Bonchev–Trinajstić information content (AvgIpc) is 2.94. The lowest BCUT2D eigenvalue weighted by Gasteiger charge is -2.33. The van der Waals surface area contributed by atoms with Crippen molar-refractivity contribution in [2.75, 3.05) is 13.6 Å². The maximum absolute atomic E-state index is 12.5. The van der Waals surface area contributed by atoms with Gasteiger partial charge in [-0.05, 0) is 26.0 Å². The number of benzene rings is 1. The quantitative estimate of drug-likeness (QED) is 0.872. The molecule has 20 heavy (non-hydrogen) atoms. The van der Waals surface area contributed by atoms with Gasteiger partial charge in [0.2, 0.25) is 0 Å². The van der Waals surface area contributed by atoms with Crippen LogP contribution in [0.4, 0.5) is 8.78 Å². The summed E-state index contributed by atoms with van der Waals surface area (Å²) in [5.74, 6) is 0.225. The lowest BCUT2D eigenvalue weighted by atomic mass is 10.0. The van der Waals surface area contributed by atoms with Crippen LogP contribution < -0.4 is 10.5 Å². The van der Waals surface area contributed by atoms with E-state index in [1.165, 1.54) is 12.8 Å². The molecule has 0 bridgehead atoms. The first-order chi connectivity index (χ1) is 9.63. The monoisotopic (exact) mass is 284 g/mol. The zero-order chi connectivity index (χ0) is 14.5. The summed E-state index contributed by atoms with van der Waals surface area (Å²) >= 11 is 0. The molecule has 0 spiro atoms. The number of para-hydroxylation sites is 1. The Kier molecular flexibility index (Phi) is 5.31. The molecule has 0 saturated heterocycles. The second kappa shape index (κ2) is 6.99. The van der Waals surface area contributed by atoms with Gasteiger partial charge < -0.3 is 10.5 Å². The van der Waals surface area contributed by atoms with E-state index in [1.54, 1.807) is 12.1 Å². The Morgan fingerprint density at radius 1 is 1.30 bits per heavy atom. The molecule has 2 rings (SSSR count). The van der Waals surface area contributed by atoms with Crippen LogP contribution in [0.3, 0.4) is 0 Å². The predicted molar refractivity (Wildman–Crippen MR) is 74.9 cm³/mol. The number of alkyl halides is 2. The number of halogens is 2. The number of hydrogen-bond acceptors (Lipinski definition) is 3. The van der Waals surface area contributed by atoms with E-state index in [9.17, 15) is 8.78 Å². The average molecular weight is 284 g/mol. The molecule has 0 heterocycles. The Labute approximate surface area is 118 Å². The summed E-state index contributed by atoms with van der Waals surface area (Å²) in [6, 6.07) is 7.31. The van der Waals surface area contributed by atoms with Crippen LogP contribution in [0.25, 0.3) is 0 Å². The fourth-order valence-electron chi connectivity index (χ4n) is 3.04. The molecule has 1 aliphatic rings. The highest BCUT2D eigenvalue weighted by Gasteiger charge is 2.28. The Morgan fingerprint density at radius 3 is 2.55 bits per heavy atom. The van der Waals surface area contributed by atoms with E-state index in [4.69, 9.17) is 5.73 Å². The van der Waals surface area contributed by atoms with E-state index in [1.807, 2.05) is 19.2 Å². The lowest BCUT2D eigenvalue weighted by Crippen LogP contribution is -2.37. The van der Waals surface area contributed by atoms with Crippen LogP contribution in [0.1, 0.15) is 37.3 Å². The molecular formula is C15H22F2N2O. The van der Waals surface area contributed by atoms with Crippen LogP contribution in [0, 0.1) is 0 Å². The zero-order valence-corrected chi connectivity index (χ0v) is 11.8. The van der Waals surface area contributed by atoms with Gasteiger partial charge in [-0.1, -0.05) is 31.0 Å². The van der Waals surface area contributed by atoms with Crippen molar-refractivity contribution < 1.29 is 13.5 Å². The van der Waals surface area contributed by atoms with Gasteiger partial charge in [0.1, 0.15) is 5.75 Å². The third-order valence-electron chi connectivity index (χ3n) is 4.11. The lowest BCUT2D eigenvalue weighted by molar-refractivity contribution is -0.0512. The van der Waals surface area contributed by atoms with E-state index in [0.29, 0.717) is 12.6 Å². The van der Waals surface area contributed by atoms with Crippen molar-refractivity contribution in [2.45, 2.75) is 44.4 Å². The minimum Gasteiger partial charge on any atom is -0.434 e. The molecule has 0 radical (unpaired) electrons. The zero-order valence-electron chi connectivity index (χ0n) is 11.8. The fraction of sp³-hybridized carbons (Fsp3) is 0.600. The highest BCUT2D eigenvalue weighted by atomic mass is 19.3. The summed E-state index contributed by atoms with van der Waals surface area (Å²) in [6.45, 7) is -2.43. The summed E-state index contributed by atoms with van der Waals surface area (Å²) < 4.78 is 29.6. The van der Waals surface area contributed by atoms with Gasteiger partial charge in [0.25, 0.3) is 0 Å². The first-order valence-electron chi connectivity index (χ1n) is 7.09. The maximum atomic E-state index is 12.5. The number of hydrogen-bond donors (Lipinski definition) is 1. The highest BCUT2D eigenvalue weighted by molar-refractivity contribution is 5.36. The van der Waals surface area contributed by atoms with Crippen LogP contribution in [-0.2, 0) is 0 Å². The molecule has 0 amide bonds. The largest absolute Gasteiger partial charge is 0.434 e. The van der Waals surface area contributed by atoms with Gasteiger partial charge in [-0.3, -0.25) is 4.90 Å². The minimum absolute atomic E-state index is 0.0898. The molecule has 3 nitrogen and oxygen atoms in total. The van der Waals surface area contributed by atoms with Gasteiger partial charge in [0.05, 0.1) is 6.04 Å². The molecule has 2 N–H and O–H groups in total. The van der Waals surface area contributed by atoms with Gasteiger partial charge in [-0.25, -0.2) is 0 Å². The van der Waals surface area contributed by atoms with Crippen LogP contribution in [-0.4, -0.2) is 31.1 Å². The number of nitrogens with zero attached hydrogens (tertiary/aromatic N) is 1. The molecule has 0 aromatic heterocycles. The van der Waals surface area contributed by atoms with Gasteiger partial charge in [-0.15, -0.1) is 0 Å². The van der Waals surface area contributed by atoms with Crippen molar-refractivity contribution in [3.8, 4) is 5.75 Å². The van der Waals surface area contributed by atoms with Crippen LogP contribution in [0.2, 0.25) is 0 Å². The SMILES string of the molecule is CN(C1CCCC1)C(CN)c1ccccc1OC(F)F. The number of ether oxygens (including phenoxy) is 1. The molecule has 112 valence electrons. The number of likely N-dealkylation sites (N-methyl/N-ethyl adjacent to an activating group) is 1. The van der Waals surface area contributed by atoms with Crippen LogP contribution >= 0.6 is 0 Å². The number of nitrogens with two attached hydrogens (primary N) is 1. The van der Waals surface area contributed by atoms with Crippen molar-refractivity contribution in [3.05, 3.63) is 29.8 Å². The Morgan fingerprint density at radius 2 is 1.95 bits per heavy atom. The van der Waals surface area contributed by atoms with Gasteiger partial charge >= 0.3 is 6.61 Å². The molecular weight excluding hydrogens is 262 g/mol. The normalized spacial score (nSPS) is 17.9. The number of rotatable bonds is 6. The smallest absolute Gasteiger partial charge is 0.387 e. The van der Waals surface area contributed by atoms with Crippen molar-refractivity contribution in [1.82, 2.24) is 4.90 Å². The summed E-state index contributed by atoms with van der Waals surface area (Å²) in [5, 5.41) is 0. The Hall–Kier alpha value is -1.20. The predicted octanol–water partition coefficient (Wildman–Crippen LogP) is 3.16. The van der Waals surface area contributed by atoms with Gasteiger partial charge in [0.15, 0.2) is 0 Å². The first-order valence-corrected chi connectivity index (χ1v) is 7.09. The van der Waals surface area contributed by atoms with Crippen molar-refractivity contribution in [2.24, 2.45) is 5.73 Å². The molecule has 1 saturated carbocycles. The van der Waals surface area contributed by atoms with Crippen LogP contribution in [0.15, 0.2) is 24.3 Å². The standard InChI is InChI=1S/C15H22F2N2O/c1-19(11-6-2-3-7-11)13(10-18)12-8-4-5-9-14(12)20-15(16)17/h4-5,8-9,11,13,15H,2-3,6-7,10,18H2,1H3. The second-order valence-corrected chi connectivity index (χ2v) is 5.27. The van der Waals surface area contributed by atoms with Crippen molar-refractivity contribution >= 4 is 0 Å². The molecule has 5 heteroatoms. The van der Waals surface area contributed by atoms with E-state index in [2.05, 4.69) is 9.64 Å². The van der Waals surface area contributed by atoms with Crippen molar-refractivity contribution in [3.63, 3.8) is 0 Å². The maximum Gasteiger partial charge on any atom is 0.387 e. The van der Waals surface area contributed by atoms with E-state index in [-0.39, 0.29) is 11.8 Å². The third kappa shape index (κ3) is 3.46. The summed E-state index contributed by atoms with van der Waals surface area (Å²) in [5.41, 5.74) is 6.63. The van der Waals surface area contributed by atoms with Crippen LogP contribution in [0.5, 0.6) is 5.75 Å². The topological polar surface area (TPSA) is 38.5 Å². The van der Waals surface area contributed by atoms with E-state index < -0.39 is 6.61 Å². The summed E-state index contributed by atoms with van der Waals surface area (Å²) in [4.78, 5) is 2.21. The van der Waals surface area contributed by atoms with Crippen molar-refractivity contribution in [1.29, 1.82) is 0 Å². The highest BCUT2D eigenvalue weighted by Crippen LogP contribution is 2.33. The molecule has 1 aliphatic carbocycles. The first kappa shape index (κ1) is 15.2. The fourth-order valence-corrected chi connectivity index (χ4v) is 3.04. The Bertz CT molecular complexity index is 422. The molecule has 1 unspecified atom stereocenters. The summed E-state index contributed by atoms with van der Waals surface area (Å²) in [7, 11) is 2.02. The second-order valence-electron chi connectivity index (χ2n) is 5.27. The molecule has 1 fully saturated rings. The molecule has 1 aromatic carbocycles. The minimum atomic E-state index is -2.81. The van der Waals surface area contributed by atoms with E-state index >= 15 is 0 Å². The molecule has 1 aromatic rings. The van der Waals surface area contributed by atoms with Gasteiger partial charge in [-0.2, -0.15) is 8.78 Å². The molecule has 1 atom stereocenters.